The molecule has 3 heteroatoms. The molecule has 0 atom stereocenters. The number of nitrogens with zero attached hydrogens (tertiary/aromatic N) is 1. The van der Waals surface area contributed by atoms with Gasteiger partial charge in [0.2, 0.25) is 0 Å². The topological polar surface area (TPSA) is 50.9 Å². The first kappa shape index (κ1) is 7.40. The summed E-state index contributed by atoms with van der Waals surface area (Å²) in [5.41, 5.74) is 8.20. The van der Waals surface area contributed by atoms with Crippen molar-refractivity contribution in [2.24, 2.45) is 0 Å². The van der Waals surface area contributed by atoms with Crippen molar-refractivity contribution in [1.82, 2.24) is 4.98 Å². The second-order valence-corrected chi connectivity index (χ2v) is 3.86. The highest BCUT2D eigenvalue weighted by Gasteiger charge is 2.30. The van der Waals surface area contributed by atoms with Crippen LogP contribution in [0.1, 0.15) is 19.4 Å². The highest BCUT2D eigenvalue weighted by molar-refractivity contribution is 5.71. The number of nitrogen functional groups attached to an aromatic ring is 1. The van der Waals surface area contributed by atoms with Crippen LogP contribution in [-0.2, 0) is 5.41 Å². The highest BCUT2D eigenvalue weighted by Crippen LogP contribution is 2.38. The maximum atomic E-state index is 5.72. The lowest BCUT2D eigenvalue weighted by Crippen LogP contribution is -2.18. The minimum atomic E-state index is 0.187. The van der Waals surface area contributed by atoms with E-state index >= 15 is 0 Å². The Kier molecular flexibility index (Phi) is 1.31. The fourth-order valence-electron chi connectivity index (χ4n) is 1.63. The van der Waals surface area contributed by atoms with E-state index in [1.165, 1.54) is 5.56 Å². The van der Waals surface area contributed by atoms with Crippen molar-refractivity contribution in [2.45, 2.75) is 19.3 Å². The summed E-state index contributed by atoms with van der Waals surface area (Å²) in [6, 6.07) is 2.03. The first-order valence-corrected chi connectivity index (χ1v) is 4.10. The smallest absolute Gasteiger partial charge is 0.147 e. The van der Waals surface area contributed by atoms with Gasteiger partial charge in [0.15, 0.2) is 0 Å². The quantitative estimate of drug-likeness (QED) is 0.607. The van der Waals surface area contributed by atoms with E-state index in [2.05, 4.69) is 24.1 Å². The molecule has 64 valence electrons. The number of fused-ring (bicyclic) bond motifs is 1. The molecular formula is C9H13N3. The molecule has 12 heavy (non-hydrogen) atoms. The Labute approximate surface area is 72.0 Å². The van der Waals surface area contributed by atoms with Crippen LogP contribution in [0.4, 0.5) is 11.5 Å². The molecule has 1 aromatic rings. The fraction of sp³-hybridized carbons (Fsp3) is 0.444. The Morgan fingerprint density at radius 3 is 3.00 bits per heavy atom. The number of hydrogen-bond acceptors (Lipinski definition) is 3. The van der Waals surface area contributed by atoms with Gasteiger partial charge in [-0.25, -0.2) is 4.98 Å². The summed E-state index contributed by atoms with van der Waals surface area (Å²) in [6.45, 7) is 5.34. The third-order valence-electron chi connectivity index (χ3n) is 2.42. The van der Waals surface area contributed by atoms with E-state index in [1.807, 2.05) is 6.07 Å². The van der Waals surface area contributed by atoms with Gasteiger partial charge in [0.05, 0.1) is 5.69 Å². The zero-order valence-electron chi connectivity index (χ0n) is 7.39. The van der Waals surface area contributed by atoms with Gasteiger partial charge in [0, 0.05) is 18.2 Å². The molecule has 0 amide bonds. The van der Waals surface area contributed by atoms with Gasteiger partial charge >= 0.3 is 0 Å². The maximum Gasteiger partial charge on any atom is 0.147 e. The second-order valence-electron chi connectivity index (χ2n) is 3.86. The van der Waals surface area contributed by atoms with Crippen LogP contribution in [0.2, 0.25) is 0 Å². The van der Waals surface area contributed by atoms with Gasteiger partial charge in [-0.15, -0.1) is 0 Å². The molecule has 1 aromatic heterocycles. The predicted octanol–water partition coefficient (Wildman–Crippen LogP) is 1.37. The third kappa shape index (κ3) is 0.858. The lowest BCUT2D eigenvalue weighted by atomic mass is 9.87. The summed E-state index contributed by atoms with van der Waals surface area (Å²) < 4.78 is 0. The van der Waals surface area contributed by atoms with Crippen LogP contribution in [0.3, 0.4) is 0 Å². The van der Waals surface area contributed by atoms with E-state index in [0.717, 1.165) is 12.2 Å². The van der Waals surface area contributed by atoms with Crippen molar-refractivity contribution < 1.29 is 0 Å². The van der Waals surface area contributed by atoms with E-state index in [4.69, 9.17) is 5.73 Å². The van der Waals surface area contributed by atoms with E-state index in [1.54, 1.807) is 6.20 Å². The van der Waals surface area contributed by atoms with Crippen LogP contribution < -0.4 is 11.1 Å². The second kappa shape index (κ2) is 2.12. The lowest BCUT2D eigenvalue weighted by molar-refractivity contribution is 0.586. The van der Waals surface area contributed by atoms with Crippen LogP contribution in [-0.4, -0.2) is 11.5 Å². The van der Waals surface area contributed by atoms with Crippen LogP contribution in [0.15, 0.2) is 12.3 Å². The minimum absolute atomic E-state index is 0.187. The summed E-state index contributed by atoms with van der Waals surface area (Å²) in [5, 5.41) is 3.27. The molecule has 3 nitrogen and oxygen atoms in total. The van der Waals surface area contributed by atoms with Gasteiger partial charge in [0.25, 0.3) is 0 Å². The highest BCUT2D eigenvalue weighted by atomic mass is 15.0. The molecule has 0 saturated carbocycles. The zero-order valence-corrected chi connectivity index (χ0v) is 7.39. The normalized spacial score (nSPS) is 18.5. The van der Waals surface area contributed by atoms with Crippen molar-refractivity contribution in [1.29, 1.82) is 0 Å². The van der Waals surface area contributed by atoms with Gasteiger partial charge in [-0.1, -0.05) is 13.8 Å². The summed E-state index contributed by atoms with van der Waals surface area (Å²) in [6.07, 6.45) is 1.77. The molecule has 0 aromatic carbocycles. The van der Waals surface area contributed by atoms with E-state index in [9.17, 15) is 0 Å². The first-order valence-electron chi connectivity index (χ1n) is 4.10. The molecule has 0 spiro atoms. The molecule has 1 aliphatic heterocycles. The average molecular weight is 163 g/mol. The van der Waals surface area contributed by atoms with Crippen molar-refractivity contribution in [3.63, 3.8) is 0 Å². The largest absolute Gasteiger partial charge is 0.382 e. The molecule has 0 unspecified atom stereocenters. The summed E-state index contributed by atoms with van der Waals surface area (Å²) in [7, 11) is 0. The Morgan fingerprint density at radius 1 is 1.58 bits per heavy atom. The number of hydrogen-bond donors (Lipinski definition) is 2. The van der Waals surface area contributed by atoms with Gasteiger partial charge in [0.1, 0.15) is 5.82 Å². The van der Waals surface area contributed by atoms with Gasteiger partial charge in [-0.3, -0.25) is 0 Å². The Hall–Kier alpha value is -1.25. The van der Waals surface area contributed by atoms with Crippen molar-refractivity contribution in [3.8, 4) is 0 Å². The number of rotatable bonds is 0. The van der Waals surface area contributed by atoms with Crippen molar-refractivity contribution in [2.75, 3.05) is 17.6 Å². The molecular weight excluding hydrogens is 150 g/mol. The number of anilines is 2. The van der Waals surface area contributed by atoms with Crippen LogP contribution >= 0.6 is 0 Å². The van der Waals surface area contributed by atoms with Gasteiger partial charge in [-0.05, 0) is 11.6 Å². The lowest BCUT2D eigenvalue weighted by Gasteiger charge is -2.16. The molecule has 2 rings (SSSR count). The predicted molar refractivity (Wildman–Crippen MR) is 50.2 cm³/mol. The molecule has 1 aliphatic rings. The van der Waals surface area contributed by atoms with Crippen LogP contribution in [0.25, 0.3) is 0 Å². The third-order valence-corrected chi connectivity index (χ3v) is 2.42. The zero-order chi connectivity index (χ0) is 8.77. The summed E-state index contributed by atoms with van der Waals surface area (Å²) in [4.78, 5) is 4.03. The van der Waals surface area contributed by atoms with Gasteiger partial charge in [-0.2, -0.15) is 0 Å². The van der Waals surface area contributed by atoms with Crippen molar-refractivity contribution in [3.05, 3.63) is 17.8 Å². The first-order chi connectivity index (χ1) is 5.61. The van der Waals surface area contributed by atoms with Gasteiger partial charge < -0.3 is 11.1 Å². The summed E-state index contributed by atoms with van der Waals surface area (Å²) >= 11 is 0. The molecule has 0 fully saturated rings. The van der Waals surface area contributed by atoms with E-state index in [0.29, 0.717) is 5.82 Å². The number of aromatic nitrogens is 1. The molecule has 0 bridgehead atoms. The SMILES string of the molecule is CC1(C)CNc2c1ccnc2N. The Bertz CT molecular complexity index is 318. The molecule has 0 aliphatic carbocycles. The fourth-order valence-corrected chi connectivity index (χ4v) is 1.63. The maximum absolute atomic E-state index is 5.72. The Balaban J connectivity index is 2.61. The number of pyridine rings is 1. The molecule has 3 N–H and O–H groups in total. The molecule has 0 saturated heterocycles. The van der Waals surface area contributed by atoms with Crippen LogP contribution in [0.5, 0.6) is 0 Å². The standard InChI is InChI=1S/C9H13N3/c1-9(2)5-12-7-6(9)3-4-11-8(7)10/h3-4,12H,5H2,1-2H3,(H2,10,11). The summed E-state index contributed by atoms with van der Waals surface area (Å²) in [5.74, 6) is 0.609. The number of nitrogens with two attached hydrogens (primary N) is 1. The van der Waals surface area contributed by atoms with Crippen molar-refractivity contribution >= 4 is 11.5 Å². The van der Waals surface area contributed by atoms with Crippen LogP contribution in [0, 0.1) is 0 Å². The molecule has 0 radical (unpaired) electrons. The minimum Gasteiger partial charge on any atom is -0.382 e. The van der Waals surface area contributed by atoms with E-state index in [-0.39, 0.29) is 5.41 Å². The average Bonchev–Trinajstić information content (AvgIpc) is 2.30. The monoisotopic (exact) mass is 163 g/mol. The molecule has 2 heterocycles. The van der Waals surface area contributed by atoms with E-state index < -0.39 is 0 Å². The Morgan fingerprint density at radius 2 is 2.33 bits per heavy atom. The number of nitrogens with one attached hydrogen (secondary N) is 1.